The second kappa shape index (κ2) is 8.10. The Morgan fingerprint density at radius 2 is 1.85 bits per heavy atom. The fourth-order valence-corrected chi connectivity index (χ4v) is 5.13. The van der Waals surface area contributed by atoms with Gasteiger partial charge in [0, 0.05) is 34.7 Å². The molecule has 3 aromatic rings. The van der Waals surface area contributed by atoms with E-state index in [9.17, 15) is 0 Å². The number of benzene rings is 3. The van der Waals surface area contributed by atoms with Gasteiger partial charge < -0.3 is 4.90 Å². The third-order valence-electron chi connectivity index (χ3n) is 5.18. The largest absolute Gasteiger partial charge is 0.301 e. The zero-order chi connectivity index (χ0) is 18.8. The Morgan fingerprint density at radius 3 is 2.67 bits per heavy atom. The SMILES string of the molecule is Cc1cc(Cl)c2c(c1)C(c1cccc(SCc3ccccc3)c1)CN(C)C2. The first-order valence-corrected chi connectivity index (χ1v) is 10.7. The fourth-order valence-electron chi connectivity index (χ4n) is 3.87. The molecular weight excluding hydrogens is 370 g/mol. The van der Waals surface area contributed by atoms with Crippen LogP contribution < -0.4 is 0 Å². The van der Waals surface area contributed by atoms with Crippen molar-refractivity contribution in [2.24, 2.45) is 0 Å². The highest BCUT2D eigenvalue weighted by molar-refractivity contribution is 7.98. The maximum Gasteiger partial charge on any atom is 0.0456 e. The van der Waals surface area contributed by atoms with Gasteiger partial charge in [-0.25, -0.2) is 0 Å². The van der Waals surface area contributed by atoms with Gasteiger partial charge in [0.25, 0.3) is 0 Å². The van der Waals surface area contributed by atoms with Gasteiger partial charge in [-0.05, 0) is 60.0 Å². The number of nitrogens with zero attached hydrogens (tertiary/aromatic N) is 1. The summed E-state index contributed by atoms with van der Waals surface area (Å²) in [5, 5.41) is 0.899. The third kappa shape index (κ3) is 4.24. The van der Waals surface area contributed by atoms with Crippen LogP contribution in [-0.4, -0.2) is 18.5 Å². The Kier molecular flexibility index (Phi) is 5.58. The first-order chi connectivity index (χ1) is 13.1. The summed E-state index contributed by atoms with van der Waals surface area (Å²) in [6.07, 6.45) is 0. The zero-order valence-corrected chi connectivity index (χ0v) is 17.4. The van der Waals surface area contributed by atoms with Crippen molar-refractivity contribution in [1.29, 1.82) is 0 Å². The van der Waals surface area contributed by atoms with Crippen LogP contribution in [0.15, 0.2) is 71.6 Å². The first-order valence-electron chi connectivity index (χ1n) is 9.34. The van der Waals surface area contributed by atoms with Crippen LogP contribution in [0, 0.1) is 6.92 Å². The molecule has 0 spiro atoms. The fraction of sp³-hybridized carbons (Fsp3) is 0.250. The van der Waals surface area contributed by atoms with E-state index in [2.05, 4.69) is 85.6 Å². The Balaban J connectivity index is 1.62. The highest BCUT2D eigenvalue weighted by Crippen LogP contribution is 2.38. The van der Waals surface area contributed by atoms with Crippen LogP contribution in [0.2, 0.25) is 5.02 Å². The van der Waals surface area contributed by atoms with Crippen molar-refractivity contribution in [3.8, 4) is 0 Å². The van der Waals surface area contributed by atoms with E-state index >= 15 is 0 Å². The number of aryl methyl sites for hydroxylation is 1. The highest BCUT2D eigenvalue weighted by Gasteiger charge is 2.26. The Labute approximate surface area is 171 Å². The van der Waals surface area contributed by atoms with Crippen LogP contribution in [0.4, 0.5) is 0 Å². The number of hydrogen-bond donors (Lipinski definition) is 0. The van der Waals surface area contributed by atoms with Gasteiger partial charge in [-0.3, -0.25) is 0 Å². The maximum atomic E-state index is 6.58. The van der Waals surface area contributed by atoms with E-state index in [1.54, 1.807) is 0 Å². The van der Waals surface area contributed by atoms with Gasteiger partial charge in [-0.1, -0.05) is 60.1 Å². The van der Waals surface area contributed by atoms with E-state index in [1.165, 1.54) is 32.7 Å². The zero-order valence-electron chi connectivity index (χ0n) is 15.8. The minimum atomic E-state index is 0.369. The van der Waals surface area contributed by atoms with Crippen molar-refractivity contribution in [1.82, 2.24) is 4.90 Å². The standard InChI is InChI=1S/C24H24ClNS/c1-17-11-21-22(14-26(2)15-23(21)24(25)12-17)19-9-6-10-20(13-19)27-16-18-7-4-3-5-8-18/h3-13,22H,14-16H2,1-2H3. The lowest BCUT2D eigenvalue weighted by molar-refractivity contribution is 0.295. The lowest BCUT2D eigenvalue weighted by Gasteiger charge is -2.33. The van der Waals surface area contributed by atoms with Gasteiger partial charge in [0.05, 0.1) is 0 Å². The van der Waals surface area contributed by atoms with E-state index in [1.807, 2.05) is 11.8 Å². The van der Waals surface area contributed by atoms with Crippen molar-refractivity contribution < 1.29 is 0 Å². The van der Waals surface area contributed by atoms with E-state index in [-0.39, 0.29) is 0 Å². The molecule has 3 heteroatoms. The minimum Gasteiger partial charge on any atom is -0.301 e. The maximum absolute atomic E-state index is 6.58. The smallest absolute Gasteiger partial charge is 0.0456 e. The Morgan fingerprint density at radius 1 is 1.04 bits per heavy atom. The molecule has 0 saturated heterocycles. The number of rotatable bonds is 4. The molecule has 1 unspecified atom stereocenters. The van der Waals surface area contributed by atoms with E-state index < -0.39 is 0 Å². The summed E-state index contributed by atoms with van der Waals surface area (Å²) in [7, 11) is 2.18. The van der Waals surface area contributed by atoms with Gasteiger partial charge in [0.15, 0.2) is 0 Å². The molecule has 0 aliphatic carbocycles. The first kappa shape index (κ1) is 18.6. The van der Waals surface area contributed by atoms with Crippen LogP contribution in [0.25, 0.3) is 0 Å². The lowest BCUT2D eigenvalue weighted by Crippen LogP contribution is -2.31. The van der Waals surface area contributed by atoms with Gasteiger partial charge in [0.1, 0.15) is 0 Å². The predicted octanol–water partition coefficient (Wildman–Crippen LogP) is 6.52. The average Bonchev–Trinajstić information content (AvgIpc) is 2.67. The Bertz CT molecular complexity index is 938. The Hall–Kier alpha value is -1.74. The van der Waals surface area contributed by atoms with Crippen molar-refractivity contribution in [3.05, 3.63) is 99.6 Å². The summed E-state index contributed by atoms with van der Waals surface area (Å²) >= 11 is 8.48. The third-order valence-corrected chi connectivity index (χ3v) is 6.58. The molecular formula is C24H24ClNS. The molecule has 1 atom stereocenters. The quantitative estimate of drug-likeness (QED) is 0.464. The summed E-state index contributed by atoms with van der Waals surface area (Å²) in [5.41, 5.74) is 6.65. The van der Waals surface area contributed by atoms with Crippen molar-refractivity contribution >= 4 is 23.4 Å². The number of hydrogen-bond acceptors (Lipinski definition) is 2. The molecule has 1 aliphatic rings. The second-order valence-electron chi connectivity index (χ2n) is 7.41. The van der Waals surface area contributed by atoms with Crippen LogP contribution in [0.3, 0.4) is 0 Å². The van der Waals surface area contributed by atoms with Gasteiger partial charge in [-0.2, -0.15) is 0 Å². The van der Waals surface area contributed by atoms with Gasteiger partial charge in [0.2, 0.25) is 0 Å². The molecule has 27 heavy (non-hydrogen) atoms. The molecule has 3 aromatic carbocycles. The number of halogens is 1. The van der Waals surface area contributed by atoms with Crippen molar-refractivity contribution in [3.63, 3.8) is 0 Å². The molecule has 1 heterocycles. The molecule has 1 aliphatic heterocycles. The average molecular weight is 394 g/mol. The summed E-state index contributed by atoms with van der Waals surface area (Å²) < 4.78 is 0. The monoisotopic (exact) mass is 393 g/mol. The van der Waals surface area contributed by atoms with E-state index in [4.69, 9.17) is 11.6 Å². The number of thioether (sulfide) groups is 1. The van der Waals surface area contributed by atoms with Crippen LogP contribution in [-0.2, 0) is 12.3 Å². The van der Waals surface area contributed by atoms with Crippen LogP contribution in [0.5, 0.6) is 0 Å². The molecule has 0 radical (unpaired) electrons. The summed E-state index contributed by atoms with van der Waals surface area (Å²) in [6.45, 7) is 4.08. The lowest BCUT2D eigenvalue weighted by atomic mass is 9.84. The molecule has 138 valence electrons. The molecule has 0 N–H and O–H groups in total. The molecule has 0 saturated carbocycles. The van der Waals surface area contributed by atoms with E-state index in [0.29, 0.717) is 5.92 Å². The van der Waals surface area contributed by atoms with Crippen molar-refractivity contribution in [2.45, 2.75) is 30.0 Å². The van der Waals surface area contributed by atoms with Crippen LogP contribution in [0.1, 0.15) is 33.7 Å². The normalized spacial score (nSPS) is 16.9. The molecule has 0 fully saturated rings. The highest BCUT2D eigenvalue weighted by atomic mass is 35.5. The predicted molar refractivity (Wildman–Crippen MR) is 117 cm³/mol. The molecule has 1 nitrogen and oxygen atoms in total. The molecule has 4 rings (SSSR count). The van der Waals surface area contributed by atoms with Gasteiger partial charge >= 0.3 is 0 Å². The number of likely N-dealkylation sites (N-methyl/N-ethyl adjacent to an activating group) is 1. The molecule has 0 aromatic heterocycles. The number of fused-ring (bicyclic) bond motifs is 1. The van der Waals surface area contributed by atoms with E-state index in [0.717, 1.165) is 23.9 Å². The molecule has 0 amide bonds. The summed E-state index contributed by atoms with van der Waals surface area (Å²) in [4.78, 5) is 3.70. The summed E-state index contributed by atoms with van der Waals surface area (Å²) in [6, 6.07) is 24.1. The minimum absolute atomic E-state index is 0.369. The van der Waals surface area contributed by atoms with Crippen molar-refractivity contribution in [2.75, 3.05) is 13.6 Å². The van der Waals surface area contributed by atoms with Crippen LogP contribution >= 0.6 is 23.4 Å². The summed E-state index contributed by atoms with van der Waals surface area (Å²) in [5.74, 6) is 1.37. The topological polar surface area (TPSA) is 3.24 Å². The van der Waals surface area contributed by atoms with Gasteiger partial charge in [-0.15, -0.1) is 11.8 Å². The molecule has 0 bridgehead atoms. The second-order valence-corrected chi connectivity index (χ2v) is 8.87.